The van der Waals surface area contributed by atoms with Crippen molar-refractivity contribution in [1.29, 1.82) is 0 Å². The second-order valence-corrected chi connectivity index (χ2v) is 10.2. The lowest BCUT2D eigenvalue weighted by Gasteiger charge is -2.43. The van der Waals surface area contributed by atoms with Crippen LogP contribution in [0.5, 0.6) is 0 Å². The number of amides is 1. The number of anilines is 1. The van der Waals surface area contributed by atoms with E-state index >= 15 is 0 Å². The van der Waals surface area contributed by atoms with E-state index in [1.54, 1.807) is 0 Å². The predicted octanol–water partition coefficient (Wildman–Crippen LogP) is 4.43. The molecule has 0 bridgehead atoms. The Kier molecular flexibility index (Phi) is 8.28. The number of carbonyl (C=O) groups excluding carboxylic acids is 1. The van der Waals surface area contributed by atoms with E-state index in [9.17, 15) is 4.79 Å². The number of rotatable bonds is 9. The van der Waals surface area contributed by atoms with E-state index in [1.807, 2.05) is 0 Å². The Morgan fingerprint density at radius 1 is 0.912 bits per heavy atom. The quantitative estimate of drug-likeness (QED) is 0.552. The van der Waals surface area contributed by atoms with Crippen LogP contribution in [0.4, 0.5) is 5.69 Å². The van der Waals surface area contributed by atoms with Crippen LogP contribution < -0.4 is 4.90 Å². The second kappa shape index (κ2) is 11.4. The minimum Gasteiger partial charge on any atom is -0.371 e. The van der Waals surface area contributed by atoms with Crippen LogP contribution in [0, 0.1) is 13.8 Å². The van der Waals surface area contributed by atoms with Crippen LogP contribution in [-0.2, 0) is 4.79 Å². The van der Waals surface area contributed by atoms with Gasteiger partial charge < -0.3 is 9.80 Å². The summed E-state index contributed by atoms with van der Waals surface area (Å²) < 4.78 is 0. The van der Waals surface area contributed by atoms with Crippen molar-refractivity contribution in [3.05, 3.63) is 53.6 Å². The summed E-state index contributed by atoms with van der Waals surface area (Å²) in [5.41, 5.74) is 6.42. The molecule has 1 heterocycles. The summed E-state index contributed by atoms with van der Waals surface area (Å²) in [6.07, 6.45) is 4.07. The summed E-state index contributed by atoms with van der Waals surface area (Å²) in [6, 6.07) is 16.3. The Bertz CT molecular complexity index is 945. The number of likely N-dealkylation sites (N-methyl/N-ethyl adjacent to an activating group) is 2. The Labute approximate surface area is 206 Å². The number of benzene rings is 2. The fourth-order valence-electron chi connectivity index (χ4n) is 5.05. The highest BCUT2D eigenvalue weighted by Gasteiger charge is 2.29. The molecule has 1 aliphatic carbocycles. The molecule has 5 nitrogen and oxygen atoms in total. The fraction of sp³-hybridized carbons (Fsp3) is 0.552. The van der Waals surface area contributed by atoms with E-state index in [-0.39, 0.29) is 5.91 Å². The maximum atomic E-state index is 12.8. The molecule has 2 aromatic rings. The molecule has 4 rings (SSSR count). The van der Waals surface area contributed by atoms with E-state index in [4.69, 9.17) is 0 Å². The van der Waals surface area contributed by atoms with Crippen LogP contribution >= 0.6 is 0 Å². The van der Waals surface area contributed by atoms with Gasteiger partial charge in [-0.3, -0.25) is 14.6 Å². The van der Waals surface area contributed by atoms with Crippen LogP contribution in [-0.4, -0.2) is 86.1 Å². The van der Waals surface area contributed by atoms with Crippen molar-refractivity contribution in [3.63, 3.8) is 0 Å². The minimum atomic E-state index is 0.275. The van der Waals surface area contributed by atoms with Gasteiger partial charge in [-0.1, -0.05) is 36.8 Å². The summed E-state index contributed by atoms with van der Waals surface area (Å²) in [5, 5.41) is 0. The Balaban J connectivity index is 1.24. The Morgan fingerprint density at radius 3 is 2.18 bits per heavy atom. The predicted molar refractivity (Wildman–Crippen MR) is 143 cm³/mol. The van der Waals surface area contributed by atoms with Gasteiger partial charge in [-0.25, -0.2) is 0 Å². The number of carbonyl (C=O) groups is 1. The zero-order chi connectivity index (χ0) is 24.1. The van der Waals surface area contributed by atoms with Crippen molar-refractivity contribution < 1.29 is 4.79 Å². The summed E-state index contributed by atoms with van der Waals surface area (Å²) in [6.45, 7) is 13.6. The summed E-state index contributed by atoms with van der Waals surface area (Å²) in [5.74, 6) is 0.275. The standard InChI is InChI=1S/C29H42N4O/c1-5-31(28-13-11-25(12-14-28)26-10-9-23(2)24(3)21-26)16-15-30(4)22-29(34)33-19-17-32(18-20-33)27-7-6-8-27/h9-14,21,27H,5-8,15-20,22H2,1-4H3. The molecule has 0 spiro atoms. The third-order valence-corrected chi connectivity index (χ3v) is 7.87. The smallest absolute Gasteiger partial charge is 0.236 e. The second-order valence-electron chi connectivity index (χ2n) is 10.2. The van der Waals surface area contributed by atoms with Crippen molar-refractivity contribution >= 4 is 11.6 Å². The SMILES string of the molecule is CCN(CCN(C)CC(=O)N1CCN(C2CCC2)CC1)c1ccc(-c2ccc(C)c(C)c2)cc1. The zero-order valence-corrected chi connectivity index (χ0v) is 21.6. The zero-order valence-electron chi connectivity index (χ0n) is 21.6. The first-order valence-electron chi connectivity index (χ1n) is 13.1. The van der Waals surface area contributed by atoms with E-state index in [0.29, 0.717) is 6.54 Å². The van der Waals surface area contributed by atoms with E-state index in [1.165, 1.54) is 47.2 Å². The summed E-state index contributed by atoms with van der Waals surface area (Å²) in [7, 11) is 2.07. The molecule has 1 saturated heterocycles. The molecule has 1 saturated carbocycles. The first-order chi connectivity index (χ1) is 16.4. The van der Waals surface area contributed by atoms with E-state index in [0.717, 1.165) is 51.9 Å². The van der Waals surface area contributed by atoms with Crippen LogP contribution in [0.2, 0.25) is 0 Å². The molecule has 184 valence electrons. The molecule has 2 aliphatic rings. The average molecular weight is 463 g/mol. The lowest BCUT2D eigenvalue weighted by molar-refractivity contribution is -0.134. The fourth-order valence-corrected chi connectivity index (χ4v) is 5.05. The van der Waals surface area contributed by atoms with Crippen molar-refractivity contribution in [2.75, 3.05) is 64.3 Å². The normalized spacial score (nSPS) is 17.1. The molecule has 2 aromatic carbocycles. The van der Waals surface area contributed by atoms with Crippen molar-refractivity contribution in [3.8, 4) is 11.1 Å². The lowest BCUT2D eigenvalue weighted by atomic mass is 9.91. The van der Waals surface area contributed by atoms with Crippen molar-refractivity contribution in [1.82, 2.24) is 14.7 Å². The van der Waals surface area contributed by atoms with Gasteiger partial charge in [-0.2, -0.15) is 0 Å². The van der Waals surface area contributed by atoms with Gasteiger partial charge in [0.15, 0.2) is 0 Å². The summed E-state index contributed by atoms with van der Waals surface area (Å²) in [4.78, 5) is 22.0. The highest BCUT2D eigenvalue weighted by atomic mass is 16.2. The van der Waals surface area contributed by atoms with Gasteiger partial charge in [0.25, 0.3) is 0 Å². The minimum absolute atomic E-state index is 0.275. The van der Waals surface area contributed by atoms with Crippen LogP contribution in [0.3, 0.4) is 0 Å². The van der Waals surface area contributed by atoms with E-state index < -0.39 is 0 Å². The highest BCUT2D eigenvalue weighted by molar-refractivity contribution is 5.78. The molecular weight excluding hydrogens is 420 g/mol. The number of piperazine rings is 1. The van der Waals surface area contributed by atoms with Gasteiger partial charge in [0, 0.05) is 57.5 Å². The van der Waals surface area contributed by atoms with Crippen LogP contribution in [0.1, 0.15) is 37.3 Å². The molecule has 34 heavy (non-hydrogen) atoms. The third kappa shape index (κ3) is 6.00. The van der Waals surface area contributed by atoms with Gasteiger partial charge in [0.05, 0.1) is 6.54 Å². The molecule has 0 radical (unpaired) electrons. The first-order valence-corrected chi connectivity index (χ1v) is 13.1. The average Bonchev–Trinajstić information content (AvgIpc) is 2.81. The molecule has 0 unspecified atom stereocenters. The molecule has 2 fully saturated rings. The Morgan fingerprint density at radius 2 is 1.59 bits per heavy atom. The maximum Gasteiger partial charge on any atom is 0.236 e. The number of nitrogens with zero attached hydrogens (tertiary/aromatic N) is 4. The van der Waals surface area contributed by atoms with E-state index in [2.05, 4.69) is 89.9 Å². The first kappa shape index (κ1) is 24.7. The monoisotopic (exact) mass is 462 g/mol. The molecule has 0 N–H and O–H groups in total. The molecular formula is C29H42N4O. The topological polar surface area (TPSA) is 30.0 Å². The lowest BCUT2D eigenvalue weighted by Crippen LogP contribution is -2.55. The number of hydrogen-bond donors (Lipinski definition) is 0. The van der Waals surface area contributed by atoms with Gasteiger partial charge in [0.1, 0.15) is 0 Å². The molecule has 0 aromatic heterocycles. The molecule has 0 atom stereocenters. The molecule has 1 amide bonds. The van der Waals surface area contributed by atoms with Crippen LogP contribution in [0.15, 0.2) is 42.5 Å². The van der Waals surface area contributed by atoms with Crippen LogP contribution in [0.25, 0.3) is 11.1 Å². The van der Waals surface area contributed by atoms with Gasteiger partial charge >= 0.3 is 0 Å². The van der Waals surface area contributed by atoms with Gasteiger partial charge in [-0.15, -0.1) is 0 Å². The Hall–Kier alpha value is -2.37. The highest BCUT2D eigenvalue weighted by Crippen LogP contribution is 2.26. The van der Waals surface area contributed by atoms with Crippen molar-refractivity contribution in [2.45, 2.75) is 46.1 Å². The third-order valence-electron chi connectivity index (χ3n) is 7.87. The largest absolute Gasteiger partial charge is 0.371 e. The number of hydrogen-bond acceptors (Lipinski definition) is 4. The molecule has 5 heteroatoms. The van der Waals surface area contributed by atoms with Gasteiger partial charge in [-0.05, 0) is 75.0 Å². The molecule has 1 aliphatic heterocycles. The number of aryl methyl sites for hydroxylation is 2. The summed E-state index contributed by atoms with van der Waals surface area (Å²) >= 11 is 0. The van der Waals surface area contributed by atoms with Crippen molar-refractivity contribution in [2.24, 2.45) is 0 Å². The van der Waals surface area contributed by atoms with Gasteiger partial charge in [0.2, 0.25) is 5.91 Å². The maximum absolute atomic E-state index is 12.8.